The normalized spacial score (nSPS) is 15.8. The third-order valence-electron chi connectivity index (χ3n) is 7.02. The van der Waals surface area contributed by atoms with Gasteiger partial charge in [0.05, 0.1) is 25.8 Å². The lowest BCUT2D eigenvalue weighted by molar-refractivity contribution is 0.157. The summed E-state index contributed by atoms with van der Waals surface area (Å²) in [5.41, 5.74) is 8.07. The Kier molecular flexibility index (Phi) is 9.23. The van der Waals surface area contributed by atoms with Crippen LogP contribution < -0.4 is 13.7 Å². The van der Waals surface area contributed by atoms with Gasteiger partial charge in [0.25, 0.3) is 0 Å². The summed E-state index contributed by atoms with van der Waals surface area (Å²) in [5.74, 6) is 2.61. The molecule has 5 heteroatoms. The van der Waals surface area contributed by atoms with E-state index in [4.69, 9.17) is 13.7 Å². The van der Waals surface area contributed by atoms with E-state index >= 15 is 0 Å². The second kappa shape index (κ2) is 12.6. The fourth-order valence-electron chi connectivity index (χ4n) is 4.78. The van der Waals surface area contributed by atoms with Crippen molar-refractivity contribution in [1.82, 2.24) is 4.90 Å². The molecule has 1 unspecified atom stereocenters. The zero-order valence-electron chi connectivity index (χ0n) is 23.0. The molecule has 1 atom stereocenters. The molecule has 3 aromatic rings. The highest BCUT2D eigenvalue weighted by Crippen LogP contribution is 2.44. The van der Waals surface area contributed by atoms with E-state index in [-0.39, 0.29) is 0 Å². The quantitative estimate of drug-likeness (QED) is 0.243. The van der Waals surface area contributed by atoms with Crippen LogP contribution in [0.25, 0.3) is 0 Å². The molecule has 5 rings (SSSR count). The molecule has 0 bridgehead atoms. The summed E-state index contributed by atoms with van der Waals surface area (Å²) in [6.07, 6.45) is 4.08. The van der Waals surface area contributed by atoms with Crippen molar-refractivity contribution in [2.45, 2.75) is 64.9 Å². The number of aryl methyl sites for hydroxylation is 1. The first kappa shape index (κ1) is 27.2. The van der Waals surface area contributed by atoms with E-state index in [2.05, 4.69) is 86.3 Å². The average Bonchev–Trinajstić information content (AvgIpc) is 2.92. The predicted octanol–water partition coefficient (Wildman–Crippen LogP) is 8.12. The second-order valence-corrected chi connectivity index (χ2v) is 10.6. The van der Waals surface area contributed by atoms with E-state index in [0.717, 1.165) is 48.1 Å². The summed E-state index contributed by atoms with van der Waals surface area (Å²) >= 11 is 1.38. The number of allylic oxidation sites excluding steroid dienone is 2. The van der Waals surface area contributed by atoms with Crippen molar-refractivity contribution in [2.24, 2.45) is 0 Å². The molecule has 0 amide bonds. The van der Waals surface area contributed by atoms with Crippen molar-refractivity contribution in [3.05, 3.63) is 94.1 Å². The van der Waals surface area contributed by atoms with Crippen molar-refractivity contribution in [1.29, 1.82) is 0 Å². The molecule has 0 spiro atoms. The van der Waals surface area contributed by atoms with Crippen LogP contribution >= 0.6 is 12.0 Å². The fraction of sp³-hybridized carbons (Fsp3) is 0.375. The molecule has 0 saturated carbocycles. The van der Waals surface area contributed by atoms with Gasteiger partial charge >= 0.3 is 0 Å². The maximum atomic E-state index is 6.12. The van der Waals surface area contributed by atoms with Gasteiger partial charge in [-0.1, -0.05) is 41.5 Å². The van der Waals surface area contributed by atoms with Crippen LogP contribution in [0.1, 0.15) is 61.6 Å². The molecule has 196 valence electrons. The summed E-state index contributed by atoms with van der Waals surface area (Å²) in [7, 11) is 1.72. The largest absolute Gasteiger partial charge is 0.494 e. The van der Waals surface area contributed by atoms with Gasteiger partial charge in [-0.2, -0.15) is 0 Å². The van der Waals surface area contributed by atoms with E-state index in [1.54, 1.807) is 7.11 Å². The minimum absolute atomic E-state index is 0.357. The molecule has 0 N–H and O–H groups in total. The third-order valence-corrected chi connectivity index (χ3v) is 7.75. The zero-order valence-corrected chi connectivity index (χ0v) is 23.8. The first-order valence-corrected chi connectivity index (χ1v) is 13.9. The monoisotopic (exact) mass is 517 g/mol. The topological polar surface area (TPSA) is 30.9 Å². The van der Waals surface area contributed by atoms with Crippen LogP contribution in [0.15, 0.2) is 71.1 Å². The van der Waals surface area contributed by atoms with Crippen LogP contribution in [0.4, 0.5) is 0 Å². The van der Waals surface area contributed by atoms with Crippen molar-refractivity contribution < 1.29 is 13.7 Å². The maximum Gasteiger partial charge on any atom is 0.179 e. The number of benzene rings is 3. The summed E-state index contributed by atoms with van der Waals surface area (Å²) in [6.45, 7) is 13.0. The first-order chi connectivity index (χ1) is 17.9. The van der Waals surface area contributed by atoms with Gasteiger partial charge in [0.15, 0.2) is 11.5 Å². The lowest BCUT2D eigenvalue weighted by Crippen LogP contribution is -2.39. The van der Waals surface area contributed by atoms with E-state index in [1.807, 2.05) is 13.8 Å². The number of rotatable bonds is 6. The molecule has 2 aliphatic heterocycles. The Bertz CT molecular complexity index is 1230. The van der Waals surface area contributed by atoms with Gasteiger partial charge in [-0.15, -0.1) is 0 Å². The molecular formula is C32H39NO3S. The molecule has 0 aromatic heterocycles. The Morgan fingerprint density at radius 2 is 1.78 bits per heavy atom. The molecule has 3 aromatic carbocycles. The van der Waals surface area contributed by atoms with Crippen molar-refractivity contribution in [3.63, 3.8) is 0 Å². The van der Waals surface area contributed by atoms with Gasteiger partial charge < -0.3 is 13.7 Å². The number of hydrogen-bond acceptors (Lipinski definition) is 5. The lowest BCUT2D eigenvalue weighted by atomic mass is 9.83. The summed E-state index contributed by atoms with van der Waals surface area (Å²) < 4.78 is 17.8. The van der Waals surface area contributed by atoms with Gasteiger partial charge in [0, 0.05) is 29.6 Å². The van der Waals surface area contributed by atoms with Gasteiger partial charge in [0.1, 0.15) is 5.75 Å². The number of fused-ring (bicyclic) bond motifs is 4. The van der Waals surface area contributed by atoms with Crippen LogP contribution in [-0.2, 0) is 19.4 Å². The highest BCUT2D eigenvalue weighted by Gasteiger charge is 2.34. The van der Waals surface area contributed by atoms with Crippen LogP contribution in [-0.4, -0.2) is 25.2 Å². The number of hydrogen-bond donors (Lipinski definition) is 0. The standard InChI is InChI=1S/C27H29NO3S.C5H10/c1-4-30-25-7-5-6-19-14-24-22-16-26(29-3)27(31-32-21-10-8-18(2)9-11-21)15-20(22)12-13-28(24)17-23(19)25;1-4-5(2)3/h5-11,15-16,24H,4,12-14,17H2,1-3H3;4H,1-3H3. The van der Waals surface area contributed by atoms with Crippen molar-refractivity contribution >= 4 is 12.0 Å². The predicted molar refractivity (Wildman–Crippen MR) is 154 cm³/mol. The van der Waals surface area contributed by atoms with Crippen LogP contribution in [0.5, 0.6) is 17.2 Å². The molecule has 2 heterocycles. The summed E-state index contributed by atoms with van der Waals surface area (Å²) in [5, 5.41) is 0. The lowest BCUT2D eigenvalue weighted by Gasteiger charge is -2.42. The number of ether oxygens (including phenoxy) is 2. The second-order valence-electron chi connectivity index (χ2n) is 9.81. The van der Waals surface area contributed by atoms with E-state index in [0.29, 0.717) is 12.6 Å². The Labute approximate surface area is 226 Å². The summed E-state index contributed by atoms with van der Waals surface area (Å²) in [4.78, 5) is 3.66. The molecule has 0 fully saturated rings. The molecular weight excluding hydrogens is 478 g/mol. The molecule has 0 saturated heterocycles. The number of nitrogens with zero attached hydrogens (tertiary/aromatic N) is 1. The molecule has 4 nitrogen and oxygen atoms in total. The Hall–Kier alpha value is -2.89. The van der Waals surface area contributed by atoms with Gasteiger partial charge in [-0.05, 0) is 94.5 Å². The van der Waals surface area contributed by atoms with Gasteiger partial charge in [0.2, 0.25) is 0 Å². The smallest absolute Gasteiger partial charge is 0.179 e. The Morgan fingerprint density at radius 1 is 1.03 bits per heavy atom. The van der Waals surface area contributed by atoms with Gasteiger partial charge in [-0.3, -0.25) is 4.90 Å². The third kappa shape index (κ3) is 6.52. The van der Waals surface area contributed by atoms with E-state index in [1.165, 1.54) is 45.4 Å². The molecule has 37 heavy (non-hydrogen) atoms. The number of methoxy groups -OCH3 is 1. The SMILES string of the molecule is CC=C(C)C.CCOc1cccc2c1CN1CCc3cc(OSc4ccc(C)cc4)c(OC)cc3C1C2. The first-order valence-electron chi connectivity index (χ1n) is 13.1. The van der Waals surface area contributed by atoms with Crippen LogP contribution in [0.3, 0.4) is 0 Å². The Morgan fingerprint density at radius 3 is 2.46 bits per heavy atom. The summed E-state index contributed by atoms with van der Waals surface area (Å²) in [6, 6.07) is 19.5. The van der Waals surface area contributed by atoms with Crippen LogP contribution in [0, 0.1) is 6.92 Å². The molecule has 2 aliphatic rings. The van der Waals surface area contributed by atoms with Gasteiger partial charge in [-0.25, -0.2) is 0 Å². The minimum atomic E-state index is 0.357. The van der Waals surface area contributed by atoms with Crippen molar-refractivity contribution in [3.8, 4) is 17.2 Å². The zero-order chi connectivity index (χ0) is 26.4. The van der Waals surface area contributed by atoms with E-state index < -0.39 is 0 Å². The van der Waals surface area contributed by atoms with Crippen LogP contribution in [0.2, 0.25) is 0 Å². The highest BCUT2D eigenvalue weighted by atomic mass is 32.2. The maximum absolute atomic E-state index is 6.12. The minimum Gasteiger partial charge on any atom is -0.494 e. The highest BCUT2D eigenvalue weighted by molar-refractivity contribution is 7.95. The average molecular weight is 518 g/mol. The van der Waals surface area contributed by atoms with E-state index in [9.17, 15) is 0 Å². The molecule has 0 radical (unpaired) electrons. The fourth-order valence-corrected chi connectivity index (χ4v) is 5.35. The molecule has 0 aliphatic carbocycles. The Balaban J connectivity index is 0.000000586. The van der Waals surface area contributed by atoms with Crippen molar-refractivity contribution in [2.75, 3.05) is 20.3 Å².